The van der Waals surface area contributed by atoms with E-state index in [-0.39, 0.29) is 30.0 Å². The fourth-order valence-electron chi connectivity index (χ4n) is 4.43. The van der Waals surface area contributed by atoms with Crippen LogP contribution in [-0.2, 0) is 20.8 Å². The van der Waals surface area contributed by atoms with Gasteiger partial charge in [0, 0.05) is 24.9 Å². The second-order valence-electron chi connectivity index (χ2n) is 9.13. The van der Waals surface area contributed by atoms with Crippen molar-refractivity contribution in [2.45, 2.75) is 52.1 Å². The second kappa shape index (κ2) is 9.53. The van der Waals surface area contributed by atoms with Crippen LogP contribution in [0.4, 0.5) is 0 Å². The Hall–Kier alpha value is -1.84. The van der Waals surface area contributed by atoms with E-state index in [0.29, 0.717) is 26.2 Å². The molecule has 0 aromatic heterocycles. The lowest BCUT2D eigenvalue weighted by Gasteiger charge is -2.34. The fraction of sp³-hybridized carbons (Fsp3) is 0.600. The first-order valence-corrected chi connectivity index (χ1v) is 10.6. The van der Waals surface area contributed by atoms with Crippen LogP contribution < -0.4 is 4.74 Å². The van der Waals surface area contributed by atoms with E-state index in [0.717, 1.165) is 17.7 Å². The highest BCUT2D eigenvalue weighted by Crippen LogP contribution is 2.44. The van der Waals surface area contributed by atoms with Crippen molar-refractivity contribution < 1.29 is 24.1 Å². The van der Waals surface area contributed by atoms with Crippen LogP contribution in [-0.4, -0.2) is 43.9 Å². The van der Waals surface area contributed by atoms with Crippen molar-refractivity contribution in [3.8, 4) is 18.1 Å². The molecular formula is C25H34O5. The summed E-state index contributed by atoms with van der Waals surface area (Å²) in [6, 6.07) is 7.91. The van der Waals surface area contributed by atoms with Gasteiger partial charge in [0.15, 0.2) is 0 Å². The summed E-state index contributed by atoms with van der Waals surface area (Å²) >= 11 is 0. The lowest BCUT2D eigenvalue weighted by molar-refractivity contribution is -0.133. The number of benzene rings is 1. The van der Waals surface area contributed by atoms with E-state index in [2.05, 4.69) is 32.8 Å². The van der Waals surface area contributed by atoms with Gasteiger partial charge < -0.3 is 24.1 Å². The second-order valence-corrected chi connectivity index (χ2v) is 9.13. The van der Waals surface area contributed by atoms with Gasteiger partial charge in [0.1, 0.15) is 5.75 Å². The molecule has 0 amide bonds. The maximum Gasteiger partial charge on any atom is 0.234 e. The summed E-state index contributed by atoms with van der Waals surface area (Å²) in [7, 11) is 1.66. The van der Waals surface area contributed by atoms with Crippen molar-refractivity contribution in [1.29, 1.82) is 0 Å². The van der Waals surface area contributed by atoms with Gasteiger partial charge in [-0.15, -0.1) is 6.42 Å². The third-order valence-corrected chi connectivity index (χ3v) is 6.16. The van der Waals surface area contributed by atoms with E-state index >= 15 is 0 Å². The Morgan fingerprint density at radius 3 is 2.47 bits per heavy atom. The van der Waals surface area contributed by atoms with Crippen LogP contribution in [0.2, 0.25) is 0 Å². The number of aliphatic hydroxyl groups excluding tert-OH is 1. The minimum atomic E-state index is -0.983. The molecule has 0 saturated carbocycles. The zero-order chi connectivity index (χ0) is 21.8. The molecule has 1 aliphatic heterocycles. The average molecular weight is 415 g/mol. The highest BCUT2D eigenvalue weighted by Gasteiger charge is 2.45. The smallest absolute Gasteiger partial charge is 0.234 e. The lowest BCUT2D eigenvalue weighted by Crippen LogP contribution is -2.37. The molecule has 30 heavy (non-hydrogen) atoms. The predicted octanol–water partition coefficient (Wildman–Crippen LogP) is 3.95. The predicted molar refractivity (Wildman–Crippen MR) is 116 cm³/mol. The Labute approximate surface area is 180 Å². The number of rotatable bonds is 9. The van der Waals surface area contributed by atoms with Crippen LogP contribution in [0.1, 0.15) is 39.2 Å². The van der Waals surface area contributed by atoms with Crippen LogP contribution in [0, 0.1) is 29.6 Å². The summed E-state index contributed by atoms with van der Waals surface area (Å²) in [5.74, 6) is 2.85. The van der Waals surface area contributed by atoms with Gasteiger partial charge in [-0.2, -0.15) is 0 Å². The first-order valence-electron chi connectivity index (χ1n) is 10.6. The number of hydrogen-bond donors (Lipinski definition) is 1. The average Bonchev–Trinajstić information content (AvgIpc) is 3.32. The van der Waals surface area contributed by atoms with E-state index in [1.807, 2.05) is 24.3 Å². The normalized spacial score (nSPS) is 25.7. The standard InChI is InChI=1S/C25H34O5/c1-6-25(29-11-12-30-25)15-22-18(2)13-20(14-24(3,4)17-26)23(22)28-16-19-7-9-21(27-5)10-8-19/h1,7-10,13,20,22-23,26H,11-12,14-17H2,2-5H3/t20-,22+,23+/m1/s1. The van der Waals surface area contributed by atoms with Gasteiger partial charge in [-0.3, -0.25) is 0 Å². The van der Waals surface area contributed by atoms with Crippen molar-refractivity contribution in [1.82, 2.24) is 0 Å². The largest absolute Gasteiger partial charge is 0.497 e. The van der Waals surface area contributed by atoms with Crippen molar-refractivity contribution in [2.75, 3.05) is 26.9 Å². The number of hydrogen-bond acceptors (Lipinski definition) is 5. The van der Waals surface area contributed by atoms with Crippen molar-refractivity contribution in [3.05, 3.63) is 41.5 Å². The van der Waals surface area contributed by atoms with Crippen molar-refractivity contribution in [2.24, 2.45) is 17.3 Å². The molecule has 0 spiro atoms. The third kappa shape index (κ3) is 5.25. The molecule has 5 heteroatoms. The molecule has 1 heterocycles. The quantitative estimate of drug-likeness (QED) is 0.490. The molecule has 1 N–H and O–H groups in total. The zero-order valence-electron chi connectivity index (χ0n) is 18.5. The summed E-state index contributed by atoms with van der Waals surface area (Å²) in [6.45, 7) is 7.93. The molecular weight excluding hydrogens is 380 g/mol. The molecule has 0 radical (unpaired) electrons. The first kappa shape index (κ1) is 22.8. The molecule has 2 aliphatic rings. The molecule has 164 valence electrons. The number of methoxy groups -OCH3 is 1. The Morgan fingerprint density at radius 1 is 1.23 bits per heavy atom. The lowest BCUT2D eigenvalue weighted by atomic mass is 9.80. The minimum Gasteiger partial charge on any atom is -0.497 e. The highest BCUT2D eigenvalue weighted by atomic mass is 16.7. The van der Waals surface area contributed by atoms with Gasteiger partial charge in [-0.1, -0.05) is 37.6 Å². The number of ether oxygens (including phenoxy) is 4. The van der Waals surface area contributed by atoms with Gasteiger partial charge in [-0.25, -0.2) is 0 Å². The maximum absolute atomic E-state index is 9.80. The molecule has 1 fully saturated rings. The monoisotopic (exact) mass is 414 g/mol. The maximum atomic E-state index is 9.80. The Bertz CT molecular complexity index is 768. The van der Waals surface area contributed by atoms with Gasteiger partial charge >= 0.3 is 0 Å². The number of aliphatic hydroxyl groups is 1. The van der Waals surface area contributed by atoms with Gasteiger partial charge in [0.05, 0.1) is 33.0 Å². The van der Waals surface area contributed by atoms with Gasteiger partial charge in [0.2, 0.25) is 5.79 Å². The van der Waals surface area contributed by atoms with E-state index in [9.17, 15) is 5.11 Å². The van der Waals surface area contributed by atoms with Crippen LogP contribution in [0.5, 0.6) is 5.75 Å². The summed E-state index contributed by atoms with van der Waals surface area (Å²) in [4.78, 5) is 0. The molecule has 1 aromatic rings. The Morgan fingerprint density at radius 2 is 1.90 bits per heavy atom. The molecule has 0 bridgehead atoms. The summed E-state index contributed by atoms with van der Waals surface area (Å²) in [5.41, 5.74) is 2.13. The molecule has 1 aromatic carbocycles. The van der Waals surface area contributed by atoms with E-state index in [4.69, 9.17) is 25.4 Å². The SMILES string of the molecule is C#CC1(C[C@H]2C(C)=C[C@H](CC(C)(C)CO)[C@@H]2OCc2ccc(OC)cc2)OCCO1. The van der Waals surface area contributed by atoms with Crippen molar-refractivity contribution >= 4 is 0 Å². The highest BCUT2D eigenvalue weighted by molar-refractivity contribution is 5.27. The molecule has 3 rings (SSSR count). The third-order valence-electron chi connectivity index (χ3n) is 6.16. The van der Waals surface area contributed by atoms with Gasteiger partial charge in [0.25, 0.3) is 0 Å². The molecule has 1 saturated heterocycles. The van der Waals surface area contributed by atoms with Gasteiger partial charge in [-0.05, 0) is 42.4 Å². The molecule has 1 aliphatic carbocycles. The number of terminal acetylenes is 1. The summed E-state index contributed by atoms with van der Waals surface area (Å²) in [5, 5.41) is 9.80. The molecule has 5 nitrogen and oxygen atoms in total. The van der Waals surface area contributed by atoms with E-state index in [1.165, 1.54) is 5.57 Å². The van der Waals surface area contributed by atoms with Crippen LogP contribution in [0.3, 0.4) is 0 Å². The van der Waals surface area contributed by atoms with Crippen LogP contribution in [0.25, 0.3) is 0 Å². The van der Waals surface area contributed by atoms with Crippen molar-refractivity contribution in [3.63, 3.8) is 0 Å². The van der Waals surface area contributed by atoms with Crippen LogP contribution in [0.15, 0.2) is 35.9 Å². The first-order chi connectivity index (χ1) is 14.3. The molecule has 0 unspecified atom stereocenters. The fourth-order valence-corrected chi connectivity index (χ4v) is 4.43. The molecule has 3 atom stereocenters. The Kier molecular flexibility index (Phi) is 7.26. The summed E-state index contributed by atoms with van der Waals surface area (Å²) < 4.78 is 23.3. The van der Waals surface area contributed by atoms with E-state index in [1.54, 1.807) is 7.11 Å². The Balaban J connectivity index is 1.78. The zero-order valence-corrected chi connectivity index (χ0v) is 18.5. The van der Waals surface area contributed by atoms with Crippen LogP contribution >= 0.6 is 0 Å². The summed E-state index contributed by atoms with van der Waals surface area (Å²) in [6.07, 6.45) is 9.39. The van der Waals surface area contributed by atoms with E-state index < -0.39 is 5.79 Å². The minimum absolute atomic E-state index is 0.0593. The topological polar surface area (TPSA) is 57.2 Å².